The number of nitrogens with zero attached hydrogens (tertiary/aromatic N) is 1. The van der Waals surface area contributed by atoms with Crippen molar-refractivity contribution >= 4 is 31.6 Å². The molecule has 0 aliphatic heterocycles. The fourth-order valence-electron chi connectivity index (χ4n) is 1.68. The van der Waals surface area contributed by atoms with Gasteiger partial charge in [0.25, 0.3) is 10.0 Å². The minimum Gasteiger partial charge on any atom is -0.278 e. The molecule has 2 aromatic carbocycles. The summed E-state index contributed by atoms with van der Waals surface area (Å²) in [7, 11) is -3.67. The van der Waals surface area contributed by atoms with E-state index in [-0.39, 0.29) is 4.90 Å². The molecular formula is C14H11BrN2O2S. The fourth-order valence-corrected chi connectivity index (χ4v) is 3.36. The molecule has 0 aliphatic rings. The van der Waals surface area contributed by atoms with Gasteiger partial charge in [0.15, 0.2) is 0 Å². The summed E-state index contributed by atoms with van der Waals surface area (Å²) in [6, 6.07) is 13.4. The smallest absolute Gasteiger partial charge is 0.261 e. The van der Waals surface area contributed by atoms with Crippen LogP contribution in [0.3, 0.4) is 0 Å². The molecule has 1 N–H and O–H groups in total. The molecule has 20 heavy (non-hydrogen) atoms. The Balaban J connectivity index is 2.39. The fraction of sp³-hybridized carbons (Fsp3) is 0.0714. The van der Waals surface area contributed by atoms with Crippen LogP contribution in [0, 0.1) is 18.3 Å². The predicted molar refractivity (Wildman–Crippen MR) is 80.8 cm³/mol. The van der Waals surface area contributed by atoms with Crippen molar-refractivity contribution in [2.75, 3.05) is 4.72 Å². The largest absolute Gasteiger partial charge is 0.278 e. The SMILES string of the molecule is Cc1cc(S(=O)(=O)Nc2ccccc2Br)ccc1C#N. The molecule has 6 heteroatoms. The number of anilines is 1. The highest BCUT2D eigenvalue weighted by molar-refractivity contribution is 9.10. The van der Waals surface area contributed by atoms with Crippen LogP contribution < -0.4 is 4.72 Å². The third-order valence-corrected chi connectivity index (χ3v) is 4.80. The topological polar surface area (TPSA) is 70.0 Å². The number of halogens is 1. The van der Waals surface area contributed by atoms with E-state index in [0.29, 0.717) is 21.3 Å². The van der Waals surface area contributed by atoms with Gasteiger partial charge in [-0.3, -0.25) is 4.72 Å². The van der Waals surface area contributed by atoms with E-state index in [4.69, 9.17) is 5.26 Å². The number of nitriles is 1. The molecule has 0 unspecified atom stereocenters. The molecule has 2 aromatic rings. The van der Waals surface area contributed by atoms with Gasteiger partial charge in [-0.1, -0.05) is 12.1 Å². The highest BCUT2D eigenvalue weighted by atomic mass is 79.9. The van der Waals surface area contributed by atoms with Crippen molar-refractivity contribution in [2.45, 2.75) is 11.8 Å². The van der Waals surface area contributed by atoms with Crippen LogP contribution in [0.4, 0.5) is 5.69 Å². The molecule has 0 radical (unpaired) electrons. The third kappa shape index (κ3) is 3.00. The van der Waals surface area contributed by atoms with Crippen LogP contribution in [0.5, 0.6) is 0 Å². The minimum atomic E-state index is -3.67. The monoisotopic (exact) mass is 350 g/mol. The summed E-state index contributed by atoms with van der Waals surface area (Å²) >= 11 is 3.29. The lowest BCUT2D eigenvalue weighted by molar-refractivity contribution is 0.601. The van der Waals surface area contributed by atoms with Crippen LogP contribution in [-0.2, 0) is 10.0 Å². The van der Waals surface area contributed by atoms with E-state index in [0.717, 1.165) is 0 Å². The van der Waals surface area contributed by atoms with E-state index in [2.05, 4.69) is 20.7 Å². The van der Waals surface area contributed by atoms with Gasteiger partial charge in [-0.2, -0.15) is 5.26 Å². The van der Waals surface area contributed by atoms with Crippen LogP contribution in [0.2, 0.25) is 0 Å². The maximum Gasteiger partial charge on any atom is 0.261 e. The molecule has 4 nitrogen and oxygen atoms in total. The standard InChI is InChI=1S/C14H11BrN2O2S/c1-10-8-12(7-6-11(10)9-16)20(18,19)17-14-5-3-2-4-13(14)15/h2-8,17H,1H3. The van der Waals surface area contributed by atoms with Gasteiger partial charge in [-0.15, -0.1) is 0 Å². The van der Waals surface area contributed by atoms with Gasteiger partial charge in [-0.05, 0) is 58.7 Å². The Hall–Kier alpha value is -1.84. The zero-order valence-electron chi connectivity index (χ0n) is 10.6. The lowest BCUT2D eigenvalue weighted by atomic mass is 10.1. The van der Waals surface area contributed by atoms with Gasteiger partial charge in [0.05, 0.1) is 22.2 Å². The van der Waals surface area contributed by atoms with Crippen molar-refractivity contribution in [2.24, 2.45) is 0 Å². The van der Waals surface area contributed by atoms with E-state index >= 15 is 0 Å². The molecule has 0 saturated heterocycles. The molecule has 0 aliphatic carbocycles. The van der Waals surface area contributed by atoms with Crippen molar-refractivity contribution in [3.63, 3.8) is 0 Å². The second kappa shape index (κ2) is 5.65. The Bertz CT molecular complexity index is 795. The number of hydrogen-bond acceptors (Lipinski definition) is 3. The van der Waals surface area contributed by atoms with E-state index < -0.39 is 10.0 Å². The van der Waals surface area contributed by atoms with Crippen molar-refractivity contribution < 1.29 is 8.42 Å². The Labute approximate surface area is 126 Å². The van der Waals surface area contributed by atoms with Crippen molar-refractivity contribution in [3.05, 3.63) is 58.1 Å². The first kappa shape index (κ1) is 14.6. The van der Waals surface area contributed by atoms with Crippen LogP contribution in [0.25, 0.3) is 0 Å². The van der Waals surface area contributed by atoms with E-state index in [1.54, 1.807) is 31.2 Å². The number of sulfonamides is 1. The quantitative estimate of drug-likeness (QED) is 0.921. The van der Waals surface area contributed by atoms with Crippen LogP contribution in [-0.4, -0.2) is 8.42 Å². The summed E-state index contributed by atoms with van der Waals surface area (Å²) in [5.41, 5.74) is 1.56. The summed E-state index contributed by atoms with van der Waals surface area (Å²) in [6.07, 6.45) is 0. The Morgan fingerprint density at radius 1 is 1.20 bits per heavy atom. The lowest BCUT2D eigenvalue weighted by Gasteiger charge is -2.10. The molecule has 0 fully saturated rings. The normalized spacial score (nSPS) is 10.8. The Morgan fingerprint density at radius 2 is 1.90 bits per heavy atom. The predicted octanol–water partition coefficient (Wildman–Crippen LogP) is 3.43. The number of rotatable bonds is 3. The summed E-state index contributed by atoms with van der Waals surface area (Å²) in [6.45, 7) is 1.70. The summed E-state index contributed by atoms with van der Waals surface area (Å²) < 4.78 is 27.8. The number of hydrogen-bond donors (Lipinski definition) is 1. The molecule has 2 rings (SSSR count). The lowest BCUT2D eigenvalue weighted by Crippen LogP contribution is -2.13. The Morgan fingerprint density at radius 3 is 2.50 bits per heavy atom. The molecule has 0 amide bonds. The second-order valence-electron chi connectivity index (χ2n) is 4.17. The molecule has 0 bridgehead atoms. The third-order valence-electron chi connectivity index (χ3n) is 2.75. The highest BCUT2D eigenvalue weighted by Gasteiger charge is 2.16. The molecule has 0 spiro atoms. The highest BCUT2D eigenvalue weighted by Crippen LogP contribution is 2.25. The first-order valence-corrected chi connectivity index (χ1v) is 8.00. The van der Waals surface area contributed by atoms with Crippen molar-refractivity contribution in [3.8, 4) is 6.07 Å². The van der Waals surface area contributed by atoms with Crippen LogP contribution in [0.1, 0.15) is 11.1 Å². The van der Waals surface area contributed by atoms with Crippen molar-refractivity contribution in [1.29, 1.82) is 5.26 Å². The second-order valence-corrected chi connectivity index (χ2v) is 6.71. The average Bonchev–Trinajstić information content (AvgIpc) is 2.41. The molecule has 0 saturated carbocycles. The van der Waals surface area contributed by atoms with Gasteiger partial charge in [0.2, 0.25) is 0 Å². The number of nitrogens with one attached hydrogen (secondary N) is 1. The van der Waals surface area contributed by atoms with Gasteiger partial charge >= 0.3 is 0 Å². The van der Waals surface area contributed by atoms with Crippen LogP contribution >= 0.6 is 15.9 Å². The van der Waals surface area contributed by atoms with E-state index in [1.807, 2.05) is 6.07 Å². The molecule has 0 heterocycles. The minimum absolute atomic E-state index is 0.129. The molecule has 0 aromatic heterocycles. The summed E-state index contributed by atoms with van der Waals surface area (Å²) in [5.74, 6) is 0. The maximum absolute atomic E-state index is 12.3. The van der Waals surface area contributed by atoms with Gasteiger partial charge in [-0.25, -0.2) is 8.42 Å². The number of benzene rings is 2. The van der Waals surface area contributed by atoms with Gasteiger partial charge < -0.3 is 0 Å². The summed E-state index contributed by atoms with van der Waals surface area (Å²) in [5, 5.41) is 8.86. The van der Waals surface area contributed by atoms with Gasteiger partial charge in [0.1, 0.15) is 0 Å². The molecular weight excluding hydrogens is 340 g/mol. The van der Waals surface area contributed by atoms with Gasteiger partial charge in [0, 0.05) is 4.47 Å². The summed E-state index contributed by atoms with van der Waals surface area (Å²) in [4.78, 5) is 0.129. The van der Waals surface area contributed by atoms with Crippen LogP contribution in [0.15, 0.2) is 51.8 Å². The number of aryl methyl sites for hydroxylation is 1. The first-order valence-electron chi connectivity index (χ1n) is 5.72. The number of para-hydroxylation sites is 1. The maximum atomic E-state index is 12.3. The molecule has 0 atom stereocenters. The van der Waals surface area contributed by atoms with E-state index in [1.165, 1.54) is 18.2 Å². The van der Waals surface area contributed by atoms with Crippen molar-refractivity contribution in [1.82, 2.24) is 0 Å². The Kier molecular flexibility index (Phi) is 4.12. The molecule has 102 valence electrons. The zero-order valence-corrected chi connectivity index (χ0v) is 13.0. The first-order chi connectivity index (χ1) is 9.44. The average molecular weight is 351 g/mol. The zero-order chi connectivity index (χ0) is 14.8. The van der Waals surface area contributed by atoms with E-state index in [9.17, 15) is 8.42 Å².